The molecule has 5 nitrogen and oxygen atoms in total. The maximum atomic E-state index is 12.8. The van der Waals surface area contributed by atoms with Gasteiger partial charge in [0.1, 0.15) is 18.2 Å². The Morgan fingerprint density at radius 2 is 1.64 bits per heavy atom. The quantitative estimate of drug-likeness (QED) is 0.699. The topological polar surface area (TPSA) is 48.0 Å². The van der Waals surface area contributed by atoms with Gasteiger partial charge in [-0.2, -0.15) is 0 Å². The van der Waals surface area contributed by atoms with E-state index in [4.69, 9.17) is 14.2 Å². The molecule has 0 radical (unpaired) electrons. The average molecular weight is 347 g/mol. The van der Waals surface area contributed by atoms with E-state index in [1.807, 2.05) is 19.1 Å². The number of carbonyl (C=O) groups is 1. The first-order valence-electron chi connectivity index (χ1n) is 8.07. The molecule has 0 unspecified atom stereocenters. The summed E-state index contributed by atoms with van der Waals surface area (Å²) in [7, 11) is 1.67. The van der Waals surface area contributed by atoms with Crippen molar-refractivity contribution in [3.05, 3.63) is 54.3 Å². The molecule has 0 saturated carbocycles. The number of ether oxygens (including phenoxy) is 3. The van der Waals surface area contributed by atoms with Crippen molar-refractivity contribution < 1.29 is 23.4 Å². The van der Waals surface area contributed by atoms with Crippen LogP contribution in [0.4, 0.5) is 4.39 Å². The van der Waals surface area contributed by atoms with E-state index in [0.29, 0.717) is 37.0 Å². The van der Waals surface area contributed by atoms with Crippen molar-refractivity contribution in [2.45, 2.75) is 6.92 Å². The largest absolute Gasteiger partial charge is 0.492 e. The molecule has 134 valence electrons. The van der Waals surface area contributed by atoms with E-state index in [-0.39, 0.29) is 18.3 Å². The Morgan fingerprint density at radius 1 is 1.00 bits per heavy atom. The van der Waals surface area contributed by atoms with Crippen molar-refractivity contribution in [2.24, 2.45) is 0 Å². The molecular weight excluding hydrogens is 325 g/mol. The minimum absolute atomic E-state index is 0.0862. The number of para-hydroxylation sites is 2. The fraction of sp³-hybridized carbons (Fsp3) is 0.316. The molecule has 0 aliphatic rings. The zero-order valence-electron chi connectivity index (χ0n) is 14.4. The zero-order chi connectivity index (χ0) is 18.1. The summed E-state index contributed by atoms with van der Waals surface area (Å²) in [6.07, 6.45) is 0. The van der Waals surface area contributed by atoms with Crippen molar-refractivity contribution in [1.29, 1.82) is 0 Å². The number of rotatable bonds is 9. The minimum Gasteiger partial charge on any atom is -0.492 e. The number of nitrogens with zero attached hydrogens (tertiary/aromatic N) is 1. The molecule has 0 aliphatic heterocycles. The first-order chi connectivity index (χ1) is 12.1. The Hall–Kier alpha value is -2.76. The lowest BCUT2D eigenvalue weighted by Crippen LogP contribution is -2.34. The van der Waals surface area contributed by atoms with E-state index in [1.54, 1.807) is 31.3 Å². The van der Waals surface area contributed by atoms with Gasteiger partial charge in [-0.3, -0.25) is 4.79 Å². The fourth-order valence-corrected chi connectivity index (χ4v) is 2.05. The Balaban J connectivity index is 1.75. The van der Waals surface area contributed by atoms with Gasteiger partial charge in [0.25, 0.3) is 5.91 Å². The van der Waals surface area contributed by atoms with Crippen LogP contribution in [-0.4, -0.2) is 44.2 Å². The first kappa shape index (κ1) is 18.6. The second kappa shape index (κ2) is 9.52. The highest BCUT2D eigenvalue weighted by molar-refractivity contribution is 5.77. The molecule has 2 rings (SSSR count). The highest BCUT2D eigenvalue weighted by Gasteiger charge is 2.11. The third-order valence-corrected chi connectivity index (χ3v) is 3.43. The molecule has 0 aromatic heterocycles. The molecule has 0 fully saturated rings. The van der Waals surface area contributed by atoms with Crippen LogP contribution in [0, 0.1) is 5.82 Å². The maximum Gasteiger partial charge on any atom is 0.260 e. The maximum absolute atomic E-state index is 12.8. The summed E-state index contributed by atoms with van der Waals surface area (Å²) >= 11 is 0. The predicted octanol–water partition coefficient (Wildman–Crippen LogP) is 3.14. The summed E-state index contributed by atoms with van der Waals surface area (Å²) in [6, 6.07) is 13.0. The first-order valence-corrected chi connectivity index (χ1v) is 8.07. The predicted molar refractivity (Wildman–Crippen MR) is 92.6 cm³/mol. The fourth-order valence-electron chi connectivity index (χ4n) is 2.05. The SMILES string of the molecule is CCOc1ccccc1OCC(=O)N(C)CCOc1ccc(F)cc1. The van der Waals surface area contributed by atoms with E-state index < -0.39 is 0 Å². The number of carbonyl (C=O) groups excluding carboxylic acids is 1. The monoisotopic (exact) mass is 347 g/mol. The van der Waals surface area contributed by atoms with Crippen LogP contribution >= 0.6 is 0 Å². The van der Waals surface area contributed by atoms with Crippen molar-refractivity contribution in [3.63, 3.8) is 0 Å². The molecular formula is C19H22FNO4. The highest BCUT2D eigenvalue weighted by atomic mass is 19.1. The van der Waals surface area contributed by atoms with Crippen LogP contribution in [0.25, 0.3) is 0 Å². The van der Waals surface area contributed by atoms with Gasteiger partial charge in [0.15, 0.2) is 18.1 Å². The number of hydrogen-bond acceptors (Lipinski definition) is 4. The van der Waals surface area contributed by atoms with Crippen molar-refractivity contribution in [3.8, 4) is 17.2 Å². The number of benzene rings is 2. The van der Waals surface area contributed by atoms with Crippen molar-refractivity contribution in [2.75, 3.05) is 33.4 Å². The van der Waals surface area contributed by atoms with Crippen LogP contribution in [0.2, 0.25) is 0 Å². The smallest absolute Gasteiger partial charge is 0.260 e. The molecule has 0 N–H and O–H groups in total. The molecule has 0 bridgehead atoms. The molecule has 2 aromatic carbocycles. The number of amides is 1. The van der Waals surface area contributed by atoms with Gasteiger partial charge in [-0.15, -0.1) is 0 Å². The summed E-state index contributed by atoms with van der Waals surface area (Å²) in [5.74, 6) is 1.22. The van der Waals surface area contributed by atoms with E-state index in [0.717, 1.165) is 0 Å². The molecule has 0 atom stereocenters. The van der Waals surface area contributed by atoms with Crippen LogP contribution in [0.3, 0.4) is 0 Å². The second-order valence-electron chi connectivity index (χ2n) is 5.29. The molecule has 0 aliphatic carbocycles. The lowest BCUT2D eigenvalue weighted by atomic mass is 10.3. The lowest BCUT2D eigenvalue weighted by Gasteiger charge is -2.18. The van der Waals surface area contributed by atoms with Gasteiger partial charge < -0.3 is 19.1 Å². The van der Waals surface area contributed by atoms with E-state index in [9.17, 15) is 9.18 Å². The lowest BCUT2D eigenvalue weighted by molar-refractivity contribution is -0.132. The van der Waals surface area contributed by atoms with Crippen molar-refractivity contribution in [1.82, 2.24) is 4.90 Å². The summed E-state index contributed by atoms with van der Waals surface area (Å²) < 4.78 is 29.3. The van der Waals surface area contributed by atoms with Gasteiger partial charge in [0, 0.05) is 7.05 Å². The Labute approximate surface area is 146 Å². The Kier molecular flexibility index (Phi) is 7.07. The molecule has 0 heterocycles. The average Bonchev–Trinajstić information content (AvgIpc) is 2.62. The Bertz CT molecular complexity index is 675. The van der Waals surface area contributed by atoms with E-state index in [1.165, 1.54) is 17.0 Å². The normalized spacial score (nSPS) is 10.2. The standard InChI is InChI=1S/C19H22FNO4/c1-3-23-17-6-4-5-7-18(17)25-14-19(22)21(2)12-13-24-16-10-8-15(20)9-11-16/h4-11H,3,12-14H2,1-2H3. The molecule has 6 heteroatoms. The van der Waals surface area contributed by atoms with Gasteiger partial charge in [0.2, 0.25) is 0 Å². The molecule has 0 spiro atoms. The zero-order valence-corrected chi connectivity index (χ0v) is 14.4. The summed E-state index contributed by atoms with van der Waals surface area (Å²) in [6.45, 7) is 3.03. The van der Waals surface area contributed by atoms with Gasteiger partial charge in [-0.1, -0.05) is 12.1 Å². The molecule has 2 aromatic rings. The molecule has 0 saturated heterocycles. The number of likely N-dealkylation sites (N-methyl/N-ethyl adjacent to an activating group) is 1. The van der Waals surface area contributed by atoms with Crippen molar-refractivity contribution >= 4 is 5.91 Å². The van der Waals surface area contributed by atoms with Crippen LogP contribution in [-0.2, 0) is 4.79 Å². The van der Waals surface area contributed by atoms with Crippen LogP contribution in [0.5, 0.6) is 17.2 Å². The number of halogens is 1. The summed E-state index contributed by atoms with van der Waals surface area (Å²) in [4.78, 5) is 13.6. The molecule has 25 heavy (non-hydrogen) atoms. The third-order valence-electron chi connectivity index (χ3n) is 3.43. The van der Waals surface area contributed by atoms with E-state index >= 15 is 0 Å². The number of hydrogen-bond donors (Lipinski definition) is 0. The van der Waals surface area contributed by atoms with E-state index in [2.05, 4.69) is 0 Å². The Morgan fingerprint density at radius 3 is 2.28 bits per heavy atom. The van der Waals surface area contributed by atoms with Gasteiger partial charge in [-0.05, 0) is 43.3 Å². The van der Waals surface area contributed by atoms with Gasteiger partial charge in [0.05, 0.1) is 13.2 Å². The highest BCUT2D eigenvalue weighted by Crippen LogP contribution is 2.26. The molecule has 1 amide bonds. The second-order valence-corrected chi connectivity index (χ2v) is 5.29. The van der Waals surface area contributed by atoms with Crippen LogP contribution in [0.15, 0.2) is 48.5 Å². The third kappa shape index (κ3) is 5.99. The van der Waals surface area contributed by atoms with Gasteiger partial charge in [-0.25, -0.2) is 4.39 Å². The van der Waals surface area contributed by atoms with Gasteiger partial charge >= 0.3 is 0 Å². The summed E-state index contributed by atoms with van der Waals surface area (Å²) in [5.41, 5.74) is 0. The van der Waals surface area contributed by atoms with Crippen LogP contribution in [0.1, 0.15) is 6.92 Å². The summed E-state index contributed by atoms with van der Waals surface area (Å²) in [5, 5.41) is 0. The minimum atomic E-state index is -0.316. The van der Waals surface area contributed by atoms with Crippen LogP contribution < -0.4 is 14.2 Å².